The fourth-order valence-corrected chi connectivity index (χ4v) is 5.28. The summed E-state index contributed by atoms with van der Waals surface area (Å²) >= 11 is 0. The second-order valence-electron chi connectivity index (χ2n) is 7.16. The van der Waals surface area contributed by atoms with E-state index in [0.29, 0.717) is 70.2 Å². The first-order chi connectivity index (χ1) is 14.0. The Morgan fingerprint density at radius 3 is 2.62 bits per heavy atom. The molecule has 4 heterocycles. The van der Waals surface area contributed by atoms with Gasteiger partial charge in [0.2, 0.25) is 0 Å². The predicted molar refractivity (Wildman–Crippen MR) is 103 cm³/mol. The van der Waals surface area contributed by atoms with Crippen molar-refractivity contribution in [2.75, 3.05) is 39.4 Å². The average Bonchev–Trinajstić information content (AvgIpc) is 3.45. The highest BCUT2D eigenvalue weighted by atomic mass is 32.2. The number of H-pyrrole nitrogens is 1. The second kappa shape index (κ2) is 8.66. The molecule has 2 aromatic rings. The molecule has 2 N–H and O–H groups in total. The number of carbonyl (C=O) groups is 1. The quantitative estimate of drug-likeness (QED) is 0.705. The Bertz CT molecular complexity index is 912. The van der Waals surface area contributed by atoms with E-state index in [1.807, 2.05) is 0 Å². The Morgan fingerprint density at radius 1 is 1.21 bits per heavy atom. The number of nitrogens with one attached hydrogen (secondary N) is 2. The molecule has 29 heavy (non-hydrogen) atoms. The zero-order chi connectivity index (χ0) is 20.3. The predicted octanol–water partition coefficient (Wildman–Crippen LogP) is 0.689. The SMILES string of the molecule is O=C(NCc1ccco1)c1cc(C2CCN(S(=O)(=O)N3CCOCC3)CC2)[nH]n1. The molecule has 2 saturated heterocycles. The van der Waals surface area contributed by atoms with Gasteiger partial charge in [-0.15, -0.1) is 0 Å². The van der Waals surface area contributed by atoms with Crippen LogP contribution in [0, 0.1) is 0 Å². The molecule has 158 valence electrons. The van der Waals surface area contributed by atoms with Crippen molar-refractivity contribution >= 4 is 16.1 Å². The second-order valence-corrected chi connectivity index (χ2v) is 9.09. The number of aromatic amines is 1. The van der Waals surface area contributed by atoms with Gasteiger partial charge in [-0.25, -0.2) is 0 Å². The smallest absolute Gasteiger partial charge is 0.282 e. The molecule has 4 rings (SSSR count). The molecule has 0 aromatic carbocycles. The van der Waals surface area contributed by atoms with E-state index < -0.39 is 10.2 Å². The summed E-state index contributed by atoms with van der Waals surface area (Å²) in [7, 11) is -3.44. The third kappa shape index (κ3) is 4.53. The number of hydrogen-bond acceptors (Lipinski definition) is 6. The van der Waals surface area contributed by atoms with Crippen LogP contribution in [0.3, 0.4) is 0 Å². The van der Waals surface area contributed by atoms with Gasteiger partial charge in [-0.3, -0.25) is 9.89 Å². The lowest BCUT2D eigenvalue weighted by atomic mass is 9.94. The number of ether oxygens (including phenoxy) is 1. The molecular formula is C18H25N5O5S. The first-order valence-corrected chi connectivity index (χ1v) is 11.1. The van der Waals surface area contributed by atoms with Crippen LogP contribution in [0.4, 0.5) is 0 Å². The van der Waals surface area contributed by atoms with E-state index in [0.717, 1.165) is 5.69 Å². The van der Waals surface area contributed by atoms with Crippen molar-refractivity contribution in [2.45, 2.75) is 25.3 Å². The number of hydrogen-bond donors (Lipinski definition) is 2. The van der Waals surface area contributed by atoms with Gasteiger partial charge in [0.1, 0.15) is 11.5 Å². The van der Waals surface area contributed by atoms with Crippen LogP contribution < -0.4 is 5.32 Å². The summed E-state index contributed by atoms with van der Waals surface area (Å²) < 4.78 is 39.0. The van der Waals surface area contributed by atoms with E-state index in [4.69, 9.17) is 9.15 Å². The third-order valence-corrected chi connectivity index (χ3v) is 7.39. The molecule has 0 aliphatic carbocycles. The van der Waals surface area contributed by atoms with Crippen LogP contribution in [0.2, 0.25) is 0 Å². The lowest BCUT2D eigenvalue weighted by molar-refractivity contribution is 0.0696. The van der Waals surface area contributed by atoms with Gasteiger partial charge in [0.25, 0.3) is 16.1 Å². The van der Waals surface area contributed by atoms with Crippen LogP contribution >= 0.6 is 0 Å². The molecular weight excluding hydrogens is 398 g/mol. The lowest BCUT2D eigenvalue weighted by Crippen LogP contribution is -2.50. The lowest BCUT2D eigenvalue weighted by Gasteiger charge is -2.35. The maximum absolute atomic E-state index is 12.8. The van der Waals surface area contributed by atoms with Crippen LogP contribution in [0.5, 0.6) is 0 Å². The summed E-state index contributed by atoms with van der Waals surface area (Å²) in [5.74, 6) is 0.532. The molecule has 2 aromatic heterocycles. The first kappa shape index (κ1) is 20.1. The maximum Gasteiger partial charge on any atom is 0.282 e. The molecule has 2 fully saturated rings. The minimum atomic E-state index is -3.44. The molecule has 10 nitrogen and oxygen atoms in total. The Hall–Kier alpha value is -2.21. The van der Waals surface area contributed by atoms with E-state index in [2.05, 4.69) is 15.5 Å². The van der Waals surface area contributed by atoms with Gasteiger partial charge in [-0.2, -0.15) is 22.1 Å². The molecule has 2 aliphatic rings. The number of morpholine rings is 1. The van der Waals surface area contributed by atoms with E-state index in [1.165, 1.54) is 4.31 Å². The summed E-state index contributed by atoms with van der Waals surface area (Å²) in [5, 5.41) is 9.81. The van der Waals surface area contributed by atoms with E-state index in [1.54, 1.807) is 28.8 Å². The highest BCUT2D eigenvalue weighted by Gasteiger charge is 2.34. The van der Waals surface area contributed by atoms with Crippen LogP contribution in [0.15, 0.2) is 28.9 Å². The Kier molecular flexibility index (Phi) is 5.99. The van der Waals surface area contributed by atoms with Crippen LogP contribution in [0.1, 0.15) is 40.7 Å². The van der Waals surface area contributed by atoms with Gasteiger partial charge in [0.15, 0.2) is 0 Å². The van der Waals surface area contributed by atoms with E-state index in [-0.39, 0.29) is 11.8 Å². The highest BCUT2D eigenvalue weighted by molar-refractivity contribution is 7.86. The largest absolute Gasteiger partial charge is 0.467 e. The topological polar surface area (TPSA) is 121 Å². The Balaban J connectivity index is 1.31. The molecule has 0 saturated carbocycles. The van der Waals surface area contributed by atoms with Crippen molar-refractivity contribution in [1.29, 1.82) is 0 Å². The van der Waals surface area contributed by atoms with Crippen molar-refractivity contribution in [1.82, 2.24) is 24.1 Å². The standard InChI is InChI=1S/C18H25N5O5S/c24-18(19-13-15-2-1-9-28-15)17-12-16(20-21-17)14-3-5-22(6-4-14)29(25,26)23-7-10-27-11-8-23/h1-2,9,12,14H,3-8,10-11,13H2,(H,19,24)(H,20,21). The zero-order valence-corrected chi connectivity index (χ0v) is 16.9. The van der Waals surface area contributed by atoms with Crippen molar-refractivity contribution < 1.29 is 22.4 Å². The summed E-state index contributed by atoms with van der Waals surface area (Å²) in [4.78, 5) is 12.3. The summed E-state index contributed by atoms with van der Waals surface area (Å²) in [5.41, 5.74) is 1.17. The number of amides is 1. The number of furan rings is 1. The van der Waals surface area contributed by atoms with Gasteiger partial charge in [0, 0.05) is 37.8 Å². The maximum atomic E-state index is 12.8. The molecule has 0 spiro atoms. The number of rotatable bonds is 6. The summed E-state index contributed by atoms with van der Waals surface area (Å²) in [6.07, 6.45) is 2.91. The number of piperidine rings is 1. The highest BCUT2D eigenvalue weighted by Crippen LogP contribution is 2.29. The molecule has 0 bridgehead atoms. The minimum Gasteiger partial charge on any atom is -0.467 e. The zero-order valence-electron chi connectivity index (χ0n) is 16.0. The van der Waals surface area contributed by atoms with Gasteiger partial charge >= 0.3 is 0 Å². The van der Waals surface area contributed by atoms with Gasteiger partial charge < -0.3 is 14.5 Å². The number of nitrogens with zero attached hydrogens (tertiary/aromatic N) is 3. The Morgan fingerprint density at radius 2 is 1.93 bits per heavy atom. The molecule has 1 amide bonds. The summed E-state index contributed by atoms with van der Waals surface area (Å²) in [6, 6.07) is 5.29. The van der Waals surface area contributed by atoms with Crippen LogP contribution in [-0.2, 0) is 21.5 Å². The molecule has 11 heteroatoms. The van der Waals surface area contributed by atoms with Crippen molar-refractivity contribution in [3.05, 3.63) is 41.6 Å². The van der Waals surface area contributed by atoms with E-state index >= 15 is 0 Å². The fourth-order valence-electron chi connectivity index (χ4n) is 3.67. The molecule has 0 radical (unpaired) electrons. The molecule has 0 unspecified atom stereocenters. The van der Waals surface area contributed by atoms with Crippen molar-refractivity contribution in [3.8, 4) is 0 Å². The van der Waals surface area contributed by atoms with Crippen LogP contribution in [0.25, 0.3) is 0 Å². The normalized spacial score (nSPS) is 20.0. The van der Waals surface area contributed by atoms with Crippen molar-refractivity contribution in [3.63, 3.8) is 0 Å². The fraction of sp³-hybridized carbons (Fsp3) is 0.556. The van der Waals surface area contributed by atoms with Gasteiger partial charge in [-0.05, 0) is 31.0 Å². The number of carbonyl (C=O) groups excluding carboxylic acids is 1. The monoisotopic (exact) mass is 423 g/mol. The minimum absolute atomic E-state index is 0.144. The average molecular weight is 423 g/mol. The van der Waals surface area contributed by atoms with Crippen LogP contribution in [-0.4, -0.2) is 72.5 Å². The first-order valence-electron chi connectivity index (χ1n) is 9.73. The third-order valence-electron chi connectivity index (χ3n) is 5.35. The molecule has 0 atom stereocenters. The molecule has 2 aliphatic heterocycles. The van der Waals surface area contributed by atoms with Gasteiger partial charge in [0.05, 0.1) is 26.0 Å². The van der Waals surface area contributed by atoms with Gasteiger partial charge in [-0.1, -0.05) is 0 Å². The Labute approximate surface area is 169 Å². The number of aromatic nitrogens is 2. The summed E-state index contributed by atoms with van der Waals surface area (Å²) in [6.45, 7) is 2.88. The van der Waals surface area contributed by atoms with E-state index in [9.17, 15) is 13.2 Å². The van der Waals surface area contributed by atoms with Crippen molar-refractivity contribution in [2.24, 2.45) is 0 Å².